The average Bonchev–Trinajstić information content (AvgIpc) is 3.02. The van der Waals surface area contributed by atoms with Gasteiger partial charge in [0.1, 0.15) is 11.3 Å². The molecule has 0 radical (unpaired) electrons. The maximum absolute atomic E-state index is 12.2. The van der Waals surface area contributed by atoms with Crippen molar-refractivity contribution >= 4 is 16.8 Å². The van der Waals surface area contributed by atoms with Gasteiger partial charge in [0.25, 0.3) is 0 Å². The van der Waals surface area contributed by atoms with E-state index < -0.39 is 11.3 Å². The highest BCUT2D eigenvalue weighted by Crippen LogP contribution is 2.55. The Bertz CT molecular complexity index is 1180. The van der Waals surface area contributed by atoms with Crippen molar-refractivity contribution in [1.29, 1.82) is 0 Å². The lowest BCUT2D eigenvalue weighted by atomic mass is 9.69. The smallest absolute Gasteiger partial charge is 0.164 e. The van der Waals surface area contributed by atoms with Gasteiger partial charge in [-0.1, -0.05) is 79.9 Å². The quantitative estimate of drug-likeness (QED) is 0.492. The van der Waals surface area contributed by atoms with Gasteiger partial charge in [-0.05, 0) is 46.9 Å². The van der Waals surface area contributed by atoms with Crippen LogP contribution in [0.25, 0.3) is 16.8 Å². The van der Waals surface area contributed by atoms with Crippen molar-refractivity contribution in [2.75, 3.05) is 0 Å². The fourth-order valence-electron chi connectivity index (χ4n) is 6.02. The van der Waals surface area contributed by atoms with Gasteiger partial charge < -0.3 is 10.2 Å². The van der Waals surface area contributed by atoms with Crippen molar-refractivity contribution in [3.05, 3.63) is 83.4 Å². The number of aromatic hydroxyl groups is 1. The van der Waals surface area contributed by atoms with Crippen LogP contribution in [0.1, 0.15) is 48.8 Å². The highest BCUT2D eigenvalue weighted by Gasteiger charge is 2.65. The lowest BCUT2D eigenvalue weighted by Gasteiger charge is -2.44. The molecule has 2 fully saturated rings. The molecule has 1 saturated heterocycles. The van der Waals surface area contributed by atoms with E-state index in [2.05, 4.69) is 28.8 Å². The zero-order chi connectivity index (χ0) is 20.4. The monoisotopic (exact) mass is 398 g/mol. The molecule has 152 valence electrons. The van der Waals surface area contributed by atoms with Crippen LogP contribution in [0.2, 0.25) is 0 Å². The Labute approximate surface area is 176 Å². The standard InChI is InChI=1S/C26H26N2O2/c29-22-13-12-18-8-2-4-10-20(18)23(22)26-21-11-5-3-9-19(21)14-17-25(26,30)27-24(28-26)15-6-1-7-16-24/h2-5,8-14,17,27-30H,1,6-7,15-16H2/t25-,26?/m0/s1. The number of hydrogen-bond acceptors (Lipinski definition) is 4. The predicted molar refractivity (Wildman–Crippen MR) is 119 cm³/mol. The first kappa shape index (κ1) is 18.1. The molecule has 3 aromatic rings. The predicted octanol–water partition coefficient (Wildman–Crippen LogP) is 4.36. The van der Waals surface area contributed by atoms with Crippen LogP contribution in [0.15, 0.2) is 66.7 Å². The first-order valence-electron chi connectivity index (χ1n) is 10.9. The van der Waals surface area contributed by atoms with Crippen LogP contribution in [0, 0.1) is 0 Å². The van der Waals surface area contributed by atoms with E-state index >= 15 is 0 Å². The fraction of sp³-hybridized carbons (Fsp3) is 0.308. The molecule has 0 aromatic heterocycles. The molecule has 3 aromatic carbocycles. The summed E-state index contributed by atoms with van der Waals surface area (Å²) < 4.78 is 0. The largest absolute Gasteiger partial charge is 0.508 e. The van der Waals surface area contributed by atoms with E-state index in [1.165, 1.54) is 6.42 Å². The van der Waals surface area contributed by atoms with E-state index in [-0.39, 0.29) is 11.4 Å². The first-order valence-corrected chi connectivity index (χ1v) is 10.9. The van der Waals surface area contributed by atoms with Crippen molar-refractivity contribution in [2.24, 2.45) is 0 Å². The minimum atomic E-state index is -1.36. The molecule has 4 nitrogen and oxygen atoms in total. The van der Waals surface area contributed by atoms with E-state index in [1.54, 1.807) is 6.07 Å². The molecule has 0 amide bonds. The number of benzene rings is 3. The summed E-state index contributed by atoms with van der Waals surface area (Å²) in [5, 5.41) is 32.9. The molecule has 3 aliphatic rings. The normalized spacial score (nSPS) is 29.1. The zero-order valence-corrected chi connectivity index (χ0v) is 16.9. The van der Waals surface area contributed by atoms with Gasteiger partial charge in [0.15, 0.2) is 5.72 Å². The van der Waals surface area contributed by atoms with Crippen LogP contribution < -0.4 is 10.6 Å². The number of aliphatic hydroxyl groups is 1. The first-order chi connectivity index (χ1) is 14.6. The molecule has 2 aliphatic carbocycles. The molecule has 1 saturated carbocycles. The topological polar surface area (TPSA) is 64.5 Å². The van der Waals surface area contributed by atoms with Crippen LogP contribution in [0.5, 0.6) is 5.75 Å². The van der Waals surface area contributed by atoms with Gasteiger partial charge in [0, 0.05) is 5.56 Å². The Hall–Kier alpha value is -2.66. The Balaban J connectivity index is 1.72. The second kappa shape index (κ2) is 6.17. The summed E-state index contributed by atoms with van der Waals surface area (Å²) in [6.07, 6.45) is 9.18. The third-order valence-electron chi connectivity index (χ3n) is 7.29. The molecule has 4 N–H and O–H groups in total. The second-order valence-electron chi connectivity index (χ2n) is 9.01. The molecule has 2 atom stereocenters. The lowest BCUT2D eigenvalue weighted by molar-refractivity contribution is 0.0124. The minimum Gasteiger partial charge on any atom is -0.508 e. The number of nitrogens with one attached hydrogen (secondary N) is 2. The second-order valence-corrected chi connectivity index (χ2v) is 9.01. The highest BCUT2D eigenvalue weighted by atomic mass is 16.3. The molecule has 1 unspecified atom stereocenters. The van der Waals surface area contributed by atoms with Crippen LogP contribution >= 0.6 is 0 Å². The maximum atomic E-state index is 12.2. The Morgan fingerprint density at radius 2 is 1.57 bits per heavy atom. The van der Waals surface area contributed by atoms with E-state index in [0.29, 0.717) is 0 Å². The van der Waals surface area contributed by atoms with E-state index in [9.17, 15) is 10.2 Å². The van der Waals surface area contributed by atoms with E-state index in [0.717, 1.165) is 53.1 Å². The molecule has 1 aliphatic heterocycles. The Morgan fingerprint density at radius 1 is 0.800 bits per heavy atom. The van der Waals surface area contributed by atoms with Crippen molar-refractivity contribution in [3.8, 4) is 5.75 Å². The highest BCUT2D eigenvalue weighted by molar-refractivity contribution is 5.90. The van der Waals surface area contributed by atoms with Crippen LogP contribution in [0.3, 0.4) is 0 Å². The Kier molecular flexibility index (Phi) is 3.73. The van der Waals surface area contributed by atoms with Crippen molar-refractivity contribution in [3.63, 3.8) is 0 Å². The van der Waals surface area contributed by atoms with Gasteiger partial charge in [-0.3, -0.25) is 10.6 Å². The fourth-order valence-corrected chi connectivity index (χ4v) is 6.02. The van der Waals surface area contributed by atoms with Crippen molar-refractivity contribution in [2.45, 2.75) is 49.0 Å². The third-order valence-corrected chi connectivity index (χ3v) is 7.29. The molecular formula is C26H26N2O2. The van der Waals surface area contributed by atoms with E-state index in [4.69, 9.17) is 0 Å². The van der Waals surface area contributed by atoms with Gasteiger partial charge >= 0.3 is 0 Å². The summed E-state index contributed by atoms with van der Waals surface area (Å²) in [5.74, 6) is 0.194. The van der Waals surface area contributed by atoms with Crippen LogP contribution in [0.4, 0.5) is 0 Å². The van der Waals surface area contributed by atoms with E-state index in [1.807, 2.05) is 48.6 Å². The van der Waals surface area contributed by atoms with Gasteiger partial charge in [0.05, 0.1) is 5.66 Å². The molecule has 1 spiro atoms. The molecule has 0 bridgehead atoms. The number of phenols is 1. The zero-order valence-electron chi connectivity index (χ0n) is 16.9. The van der Waals surface area contributed by atoms with Crippen molar-refractivity contribution in [1.82, 2.24) is 10.6 Å². The molecule has 30 heavy (non-hydrogen) atoms. The minimum absolute atomic E-state index is 0.194. The molecular weight excluding hydrogens is 372 g/mol. The van der Waals surface area contributed by atoms with Crippen LogP contribution in [-0.4, -0.2) is 21.6 Å². The third kappa shape index (κ3) is 2.27. The summed E-state index contributed by atoms with van der Waals surface area (Å²) in [6.45, 7) is 0. The summed E-state index contributed by atoms with van der Waals surface area (Å²) in [4.78, 5) is 0. The summed E-state index contributed by atoms with van der Waals surface area (Å²) in [5.41, 5.74) is 0.0298. The van der Waals surface area contributed by atoms with Crippen LogP contribution in [-0.2, 0) is 5.54 Å². The number of fused-ring (bicyclic) bond motifs is 4. The number of phenolic OH excluding ortho intramolecular Hbond substituents is 1. The lowest BCUT2D eigenvalue weighted by Crippen LogP contribution is -2.58. The molecule has 6 rings (SSSR count). The Morgan fingerprint density at radius 3 is 2.43 bits per heavy atom. The number of rotatable bonds is 1. The SMILES string of the molecule is Oc1ccc2ccccc2c1C12NC3(CCCCC3)N[C@]1(O)C=Cc1ccccc12. The van der Waals surface area contributed by atoms with Gasteiger partial charge in [-0.25, -0.2) is 0 Å². The maximum Gasteiger partial charge on any atom is 0.164 e. The summed E-state index contributed by atoms with van der Waals surface area (Å²) >= 11 is 0. The van der Waals surface area contributed by atoms with Gasteiger partial charge in [0.2, 0.25) is 0 Å². The van der Waals surface area contributed by atoms with Gasteiger partial charge in [-0.15, -0.1) is 0 Å². The van der Waals surface area contributed by atoms with Gasteiger partial charge in [-0.2, -0.15) is 0 Å². The molecule has 4 heteroatoms. The van der Waals surface area contributed by atoms with Crippen molar-refractivity contribution < 1.29 is 10.2 Å². The summed E-state index contributed by atoms with van der Waals surface area (Å²) in [6, 6.07) is 19.9. The molecule has 1 heterocycles. The number of hydrogen-bond donors (Lipinski definition) is 4. The summed E-state index contributed by atoms with van der Waals surface area (Å²) in [7, 11) is 0. The average molecular weight is 399 g/mol.